The largest absolute Gasteiger partial charge is 0.299 e. The highest BCUT2D eigenvalue weighted by Gasteiger charge is 2.20. The minimum Gasteiger partial charge on any atom is -0.299 e. The summed E-state index contributed by atoms with van der Waals surface area (Å²) in [7, 11) is 0. The van der Waals surface area contributed by atoms with Gasteiger partial charge in [0.25, 0.3) is 5.56 Å². The molecule has 1 amide bonds. The molecular weight excluding hydrogens is 393 g/mol. The first kappa shape index (κ1) is 19.4. The van der Waals surface area contributed by atoms with Crippen LogP contribution in [0.2, 0.25) is 0 Å². The number of hydrogen-bond donors (Lipinski definition) is 1. The van der Waals surface area contributed by atoms with Crippen LogP contribution >= 0.6 is 11.3 Å². The third kappa shape index (κ3) is 4.73. The highest BCUT2D eigenvalue weighted by atomic mass is 32.1. The Labute approximate surface area is 170 Å². The predicted octanol–water partition coefficient (Wildman–Crippen LogP) is 3.59. The Kier molecular flexibility index (Phi) is 5.75. The zero-order valence-corrected chi connectivity index (χ0v) is 16.5. The number of carbonyl (C=O) groups excluding carboxylic acids is 1. The molecule has 9 heteroatoms. The van der Waals surface area contributed by atoms with Gasteiger partial charge in [0.15, 0.2) is 0 Å². The molecular formula is C20H20FN5O2S. The van der Waals surface area contributed by atoms with Gasteiger partial charge in [-0.1, -0.05) is 30.6 Å². The number of carbonyl (C=O) groups is 1. The topological polar surface area (TPSA) is 89.8 Å². The number of halogens is 1. The Morgan fingerprint density at radius 3 is 2.62 bits per heavy atom. The van der Waals surface area contributed by atoms with E-state index in [1.165, 1.54) is 48.8 Å². The fraction of sp³-hybridized carbons (Fsp3) is 0.350. The van der Waals surface area contributed by atoms with Crippen molar-refractivity contribution in [3.8, 4) is 11.3 Å². The highest BCUT2D eigenvalue weighted by molar-refractivity contribution is 7.15. The van der Waals surface area contributed by atoms with Crippen molar-refractivity contribution in [3.05, 3.63) is 57.6 Å². The maximum absolute atomic E-state index is 13.1. The van der Waals surface area contributed by atoms with Crippen molar-refractivity contribution in [1.82, 2.24) is 20.0 Å². The molecule has 1 saturated carbocycles. The Morgan fingerprint density at radius 2 is 1.86 bits per heavy atom. The molecule has 150 valence electrons. The molecule has 1 N–H and O–H groups in total. The molecule has 0 atom stereocenters. The van der Waals surface area contributed by atoms with Gasteiger partial charge in [-0.05, 0) is 43.2 Å². The first-order valence-electron chi connectivity index (χ1n) is 9.56. The molecule has 1 aliphatic carbocycles. The van der Waals surface area contributed by atoms with Gasteiger partial charge in [0.1, 0.15) is 17.4 Å². The second kappa shape index (κ2) is 8.60. The number of anilines is 1. The van der Waals surface area contributed by atoms with Crippen LogP contribution in [-0.2, 0) is 11.3 Å². The molecule has 0 spiro atoms. The van der Waals surface area contributed by atoms with Gasteiger partial charge in [0.05, 0.1) is 5.69 Å². The molecule has 0 saturated heterocycles. The average Bonchev–Trinajstić information content (AvgIpc) is 3.19. The van der Waals surface area contributed by atoms with Crippen LogP contribution in [0.4, 0.5) is 9.52 Å². The molecule has 4 rings (SSSR count). The first-order chi connectivity index (χ1) is 14.1. The summed E-state index contributed by atoms with van der Waals surface area (Å²) < 4.78 is 14.2. The number of benzene rings is 1. The van der Waals surface area contributed by atoms with Gasteiger partial charge in [-0.15, -0.1) is 10.2 Å². The van der Waals surface area contributed by atoms with Gasteiger partial charge in [0, 0.05) is 17.5 Å². The molecule has 1 aromatic carbocycles. The van der Waals surface area contributed by atoms with E-state index in [0.29, 0.717) is 22.3 Å². The second-order valence-electron chi connectivity index (χ2n) is 7.05. The lowest BCUT2D eigenvalue weighted by atomic mass is 9.90. The van der Waals surface area contributed by atoms with Crippen molar-refractivity contribution in [3.63, 3.8) is 0 Å². The van der Waals surface area contributed by atoms with Crippen molar-refractivity contribution in [2.24, 2.45) is 0 Å². The number of rotatable bonds is 5. The number of nitrogens with zero attached hydrogens (tertiary/aromatic N) is 4. The van der Waals surface area contributed by atoms with Crippen LogP contribution < -0.4 is 10.9 Å². The molecule has 0 radical (unpaired) electrons. The molecule has 29 heavy (non-hydrogen) atoms. The second-order valence-corrected chi connectivity index (χ2v) is 8.06. The van der Waals surface area contributed by atoms with Crippen LogP contribution in [0.1, 0.15) is 43.0 Å². The molecule has 0 aliphatic heterocycles. The number of amides is 1. The summed E-state index contributed by atoms with van der Waals surface area (Å²) in [6.07, 6.45) is 5.88. The Balaban J connectivity index is 1.44. The van der Waals surface area contributed by atoms with Crippen LogP contribution in [0.15, 0.2) is 41.2 Å². The lowest BCUT2D eigenvalue weighted by Gasteiger charge is -2.18. The quantitative estimate of drug-likeness (QED) is 0.690. The summed E-state index contributed by atoms with van der Waals surface area (Å²) in [5.74, 6) is -0.336. The standard InChI is InChI=1S/C20H20FN5O2S/c21-15-8-6-13(7-9-15)16-10-11-18(28)26(25-16)12-17(27)22-20-24-23-19(29-20)14-4-2-1-3-5-14/h6-11,14H,1-5,12H2,(H,22,24,27). The summed E-state index contributed by atoms with van der Waals surface area (Å²) in [5, 5.41) is 16.6. The summed E-state index contributed by atoms with van der Waals surface area (Å²) in [4.78, 5) is 24.5. The third-order valence-corrected chi connectivity index (χ3v) is 5.94. The number of hydrogen-bond acceptors (Lipinski definition) is 6. The monoisotopic (exact) mass is 413 g/mol. The minimum atomic E-state index is -0.401. The summed E-state index contributed by atoms with van der Waals surface area (Å²) >= 11 is 1.39. The zero-order chi connectivity index (χ0) is 20.2. The van der Waals surface area contributed by atoms with Gasteiger partial charge < -0.3 is 0 Å². The number of aromatic nitrogens is 4. The van der Waals surface area contributed by atoms with Gasteiger partial charge >= 0.3 is 0 Å². The summed E-state index contributed by atoms with van der Waals surface area (Å²) in [5.41, 5.74) is 0.737. The van der Waals surface area contributed by atoms with Gasteiger partial charge in [-0.25, -0.2) is 9.07 Å². The van der Waals surface area contributed by atoms with Gasteiger partial charge in [-0.3, -0.25) is 14.9 Å². The van der Waals surface area contributed by atoms with Crippen molar-refractivity contribution in [2.45, 2.75) is 44.6 Å². The van der Waals surface area contributed by atoms with E-state index < -0.39 is 11.5 Å². The van der Waals surface area contributed by atoms with Gasteiger partial charge in [-0.2, -0.15) is 5.10 Å². The summed E-state index contributed by atoms with van der Waals surface area (Å²) in [6.45, 7) is -0.244. The predicted molar refractivity (Wildman–Crippen MR) is 108 cm³/mol. The van der Waals surface area contributed by atoms with Gasteiger partial charge in [0.2, 0.25) is 11.0 Å². The van der Waals surface area contributed by atoms with Crippen LogP contribution in [0.3, 0.4) is 0 Å². The van der Waals surface area contributed by atoms with E-state index in [0.717, 1.165) is 22.5 Å². The van der Waals surface area contributed by atoms with Crippen molar-refractivity contribution in [1.29, 1.82) is 0 Å². The van der Waals surface area contributed by atoms with Crippen molar-refractivity contribution < 1.29 is 9.18 Å². The Bertz CT molecular complexity index is 1060. The summed E-state index contributed by atoms with van der Waals surface area (Å²) in [6, 6.07) is 8.66. The molecule has 0 unspecified atom stereocenters. The van der Waals surface area contributed by atoms with E-state index in [4.69, 9.17) is 0 Å². The van der Waals surface area contributed by atoms with Crippen LogP contribution in [0.25, 0.3) is 11.3 Å². The van der Waals surface area contributed by atoms with E-state index in [9.17, 15) is 14.0 Å². The molecule has 3 aromatic rings. The third-order valence-electron chi connectivity index (χ3n) is 4.94. The fourth-order valence-electron chi connectivity index (χ4n) is 3.43. The molecule has 7 nitrogen and oxygen atoms in total. The van der Waals surface area contributed by atoms with Crippen molar-refractivity contribution in [2.75, 3.05) is 5.32 Å². The van der Waals surface area contributed by atoms with Crippen LogP contribution in [0.5, 0.6) is 0 Å². The molecule has 1 aliphatic rings. The fourth-order valence-corrected chi connectivity index (χ4v) is 4.36. The lowest BCUT2D eigenvalue weighted by Crippen LogP contribution is -2.29. The van der Waals surface area contributed by atoms with E-state index in [-0.39, 0.29) is 12.4 Å². The van der Waals surface area contributed by atoms with Crippen molar-refractivity contribution >= 4 is 22.4 Å². The van der Waals surface area contributed by atoms with E-state index in [1.807, 2.05) is 0 Å². The number of nitrogens with one attached hydrogen (secondary N) is 1. The highest BCUT2D eigenvalue weighted by Crippen LogP contribution is 2.35. The first-order valence-corrected chi connectivity index (χ1v) is 10.4. The molecule has 1 fully saturated rings. The Hall–Kier alpha value is -2.94. The maximum atomic E-state index is 13.1. The zero-order valence-electron chi connectivity index (χ0n) is 15.7. The normalized spacial score (nSPS) is 14.7. The van der Waals surface area contributed by atoms with E-state index in [2.05, 4.69) is 20.6 Å². The van der Waals surface area contributed by atoms with Crippen LogP contribution in [0, 0.1) is 5.82 Å². The van der Waals surface area contributed by atoms with Crippen LogP contribution in [-0.4, -0.2) is 25.9 Å². The molecule has 2 heterocycles. The smallest absolute Gasteiger partial charge is 0.267 e. The SMILES string of the molecule is O=C(Cn1nc(-c2ccc(F)cc2)ccc1=O)Nc1nnc(C2CCCCC2)s1. The average molecular weight is 413 g/mol. The lowest BCUT2D eigenvalue weighted by molar-refractivity contribution is -0.117. The molecule has 2 aromatic heterocycles. The van der Waals surface area contributed by atoms with E-state index in [1.54, 1.807) is 18.2 Å². The minimum absolute atomic E-state index is 0.244. The maximum Gasteiger partial charge on any atom is 0.267 e. The Morgan fingerprint density at radius 1 is 1.10 bits per heavy atom. The molecule has 0 bridgehead atoms. The van der Waals surface area contributed by atoms with E-state index >= 15 is 0 Å².